The molecule has 6 heteroatoms. The molecule has 2 rings (SSSR count). The molecule has 0 heterocycles. The summed E-state index contributed by atoms with van der Waals surface area (Å²) in [5, 5.41) is 3.40. The summed E-state index contributed by atoms with van der Waals surface area (Å²) in [6, 6.07) is 13.9. The van der Waals surface area contributed by atoms with E-state index in [4.69, 9.17) is 11.6 Å². The molecule has 0 spiro atoms. The Morgan fingerprint density at radius 3 is 2.40 bits per heavy atom. The minimum absolute atomic E-state index is 0.153. The molecule has 0 atom stereocenters. The topological polar surface area (TPSA) is 58.2 Å². The highest BCUT2D eigenvalue weighted by Crippen LogP contribution is 2.21. The Labute approximate surface area is 123 Å². The van der Waals surface area contributed by atoms with Crippen LogP contribution in [-0.4, -0.2) is 15.5 Å². The smallest absolute Gasteiger partial charge is 0.242 e. The Bertz CT molecular complexity index is 702. The van der Waals surface area contributed by atoms with Gasteiger partial charge in [-0.2, -0.15) is 0 Å². The van der Waals surface area contributed by atoms with Crippen molar-refractivity contribution in [3.05, 3.63) is 59.1 Å². The van der Waals surface area contributed by atoms with E-state index in [2.05, 4.69) is 10.0 Å². The molecule has 0 amide bonds. The third kappa shape index (κ3) is 3.30. The molecule has 2 aromatic carbocycles. The molecule has 0 bridgehead atoms. The Hall–Kier alpha value is -1.56. The number of sulfonamides is 1. The van der Waals surface area contributed by atoms with Crippen LogP contribution in [0.5, 0.6) is 0 Å². The van der Waals surface area contributed by atoms with Gasteiger partial charge in [0.05, 0.1) is 5.69 Å². The summed E-state index contributed by atoms with van der Waals surface area (Å²) in [7, 11) is -1.91. The standard InChI is InChI=1S/C14H15ClN2O2S/c1-16-13-8-4-5-9-14(13)20(18,19)17-10-11-6-2-3-7-12(11)15/h2-9,16-17H,10H2,1H3. The fourth-order valence-corrected chi connectivity index (χ4v) is 3.22. The van der Waals surface area contributed by atoms with Crippen LogP contribution in [0.15, 0.2) is 53.4 Å². The van der Waals surface area contributed by atoms with E-state index in [0.29, 0.717) is 10.7 Å². The minimum atomic E-state index is -3.59. The highest BCUT2D eigenvalue weighted by molar-refractivity contribution is 7.89. The van der Waals surface area contributed by atoms with E-state index >= 15 is 0 Å². The molecule has 106 valence electrons. The molecular formula is C14H15ClN2O2S. The number of halogens is 1. The van der Waals surface area contributed by atoms with E-state index in [1.165, 1.54) is 0 Å². The van der Waals surface area contributed by atoms with Gasteiger partial charge in [-0.3, -0.25) is 0 Å². The van der Waals surface area contributed by atoms with Crippen molar-refractivity contribution in [3.8, 4) is 0 Å². The first kappa shape index (κ1) is 14.8. The third-order valence-electron chi connectivity index (χ3n) is 2.86. The van der Waals surface area contributed by atoms with Gasteiger partial charge in [0.2, 0.25) is 10.0 Å². The Balaban J connectivity index is 2.22. The highest BCUT2D eigenvalue weighted by Gasteiger charge is 2.17. The Morgan fingerprint density at radius 2 is 1.70 bits per heavy atom. The van der Waals surface area contributed by atoms with Crippen molar-refractivity contribution in [3.63, 3.8) is 0 Å². The average Bonchev–Trinajstić information content (AvgIpc) is 2.46. The molecule has 0 aliphatic rings. The number of nitrogens with one attached hydrogen (secondary N) is 2. The highest BCUT2D eigenvalue weighted by atomic mass is 35.5. The summed E-state index contributed by atoms with van der Waals surface area (Å²) < 4.78 is 27.2. The van der Waals surface area contributed by atoms with Crippen LogP contribution < -0.4 is 10.0 Å². The molecule has 4 nitrogen and oxygen atoms in total. The lowest BCUT2D eigenvalue weighted by Gasteiger charge is -2.11. The van der Waals surface area contributed by atoms with Crippen LogP contribution in [0.1, 0.15) is 5.56 Å². The molecule has 0 unspecified atom stereocenters. The van der Waals surface area contributed by atoms with E-state index < -0.39 is 10.0 Å². The number of benzene rings is 2. The van der Waals surface area contributed by atoms with Crippen molar-refractivity contribution in [1.82, 2.24) is 4.72 Å². The van der Waals surface area contributed by atoms with Crippen molar-refractivity contribution in [2.45, 2.75) is 11.4 Å². The van der Waals surface area contributed by atoms with E-state index in [1.54, 1.807) is 49.5 Å². The van der Waals surface area contributed by atoms with E-state index in [9.17, 15) is 8.42 Å². The van der Waals surface area contributed by atoms with Crippen LogP contribution in [0.3, 0.4) is 0 Å². The summed E-state index contributed by atoms with van der Waals surface area (Å²) in [4.78, 5) is 0.217. The lowest BCUT2D eigenvalue weighted by Crippen LogP contribution is -2.24. The normalized spacial score (nSPS) is 11.3. The lowest BCUT2D eigenvalue weighted by atomic mass is 10.2. The molecule has 0 radical (unpaired) electrons. The summed E-state index contributed by atoms with van der Waals surface area (Å²) in [5.41, 5.74) is 1.29. The van der Waals surface area contributed by atoms with Crippen molar-refractivity contribution in [2.75, 3.05) is 12.4 Å². The largest absolute Gasteiger partial charge is 0.387 e. The molecular weight excluding hydrogens is 296 g/mol. The maximum Gasteiger partial charge on any atom is 0.242 e. The molecule has 0 fully saturated rings. The van der Waals surface area contributed by atoms with Crippen molar-refractivity contribution >= 4 is 27.3 Å². The van der Waals surface area contributed by atoms with Crippen LogP contribution in [-0.2, 0) is 16.6 Å². The average molecular weight is 311 g/mol. The predicted molar refractivity (Wildman–Crippen MR) is 81.5 cm³/mol. The van der Waals surface area contributed by atoms with Gasteiger partial charge in [0.25, 0.3) is 0 Å². The van der Waals surface area contributed by atoms with Crippen LogP contribution >= 0.6 is 11.6 Å². The van der Waals surface area contributed by atoms with E-state index in [1.807, 2.05) is 6.07 Å². The molecule has 0 aliphatic heterocycles. The van der Waals surface area contributed by atoms with Crippen molar-refractivity contribution < 1.29 is 8.42 Å². The summed E-state index contributed by atoms with van der Waals surface area (Å²) >= 11 is 6.01. The second-order valence-electron chi connectivity index (χ2n) is 4.16. The van der Waals surface area contributed by atoms with Crippen LogP contribution in [0.2, 0.25) is 5.02 Å². The van der Waals surface area contributed by atoms with Crippen LogP contribution in [0.4, 0.5) is 5.69 Å². The molecule has 0 saturated heterocycles. The second-order valence-corrected chi connectivity index (χ2v) is 6.30. The van der Waals surface area contributed by atoms with Gasteiger partial charge in [0.15, 0.2) is 0 Å². The van der Waals surface area contributed by atoms with Crippen LogP contribution in [0.25, 0.3) is 0 Å². The Kier molecular flexibility index (Phi) is 4.65. The summed E-state index contributed by atoms with van der Waals surface area (Å²) in [6.45, 7) is 0.153. The SMILES string of the molecule is CNc1ccccc1S(=O)(=O)NCc1ccccc1Cl. The zero-order valence-electron chi connectivity index (χ0n) is 10.9. The third-order valence-corrected chi connectivity index (χ3v) is 4.68. The zero-order valence-corrected chi connectivity index (χ0v) is 12.5. The lowest BCUT2D eigenvalue weighted by molar-refractivity contribution is 0.581. The van der Waals surface area contributed by atoms with Gasteiger partial charge >= 0.3 is 0 Å². The van der Waals surface area contributed by atoms with Gasteiger partial charge in [-0.1, -0.05) is 41.9 Å². The van der Waals surface area contributed by atoms with Gasteiger partial charge in [0.1, 0.15) is 4.90 Å². The molecule has 0 aliphatic carbocycles. The summed E-state index contributed by atoms with van der Waals surface area (Å²) in [6.07, 6.45) is 0. The first-order valence-electron chi connectivity index (χ1n) is 6.04. The number of hydrogen-bond acceptors (Lipinski definition) is 3. The first-order valence-corrected chi connectivity index (χ1v) is 7.90. The molecule has 0 saturated carbocycles. The van der Waals surface area contributed by atoms with E-state index in [-0.39, 0.29) is 11.4 Å². The quantitative estimate of drug-likeness (QED) is 0.893. The number of rotatable bonds is 5. The summed E-state index contributed by atoms with van der Waals surface area (Å²) in [5.74, 6) is 0. The zero-order chi connectivity index (χ0) is 14.6. The van der Waals surface area contributed by atoms with Crippen LogP contribution in [0, 0.1) is 0 Å². The van der Waals surface area contributed by atoms with Gasteiger partial charge < -0.3 is 5.32 Å². The maximum absolute atomic E-state index is 12.3. The number of hydrogen-bond donors (Lipinski definition) is 2. The van der Waals surface area contributed by atoms with Gasteiger partial charge in [-0.05, 0) is 23.8 Å². The number of para-hydroxylation sites is 1. The maximum atomic E-state index is 12.3. The molecule has 0 aromatic heterocycles. The molecule has 2 aromatic rings. The molecule has 2 N–H and O–H groups in total. The molecule has 20 heavy (non-hydrogen) atoms. The minimum Gasteiger partial charge on any atom is -0.387 e. The monoisotopic (exact) mass is 310 g/mol. The van der Waals surface area contributed by atoms with Gasteiger partial charge in [-0.25, -0.2) is 13.1 Å². The van der Waals surface area contributed by atoms with Crippen molar-refractivity contribution in [1.29, 1.82) is 0 Å². The number of anilines is 1. The first-order chi connectivity index (χ1) is 9.54. The van der Waals surface area contributed by atoms with E-state index in [0.717, 1.165) is 5.56 Å². The fourth-order valence-electron chi connectivity index (χ4n) is 1.80. The second kappa shape index (κ2) is 6.26. The fraction of sp³-hybridized carbons (Fsp3) is 0.143. The Morgan fingerprint density at radius 1 is 1.05 bits per heavy atom. The van der Waals surface area contributed by atoms with Crippen molar-refractivity contribution in [2.24, 2.45) is 0 Å². The van der Waals surface area contributed by atoms with Gasteiger partial charge in [-0.15, -0.1) is 0 Å². The van der Waals surface area contributed by atoms with Gasteiger partial charge in [0, 0.05) is 18.6 Å². The predicted octanol–water partition coefficient (Wildman–Crippen LogP) is 2.86.